The average Bonchev–Trinajstić information content (AvgIpc) is 2.88. The van der Waals surface area contributed by atoms with Gasteiger partial charge in [-0.15, -0.1) is 0 Å². The van der Waals surface area contributed by atoms with Crippen molar-refractivity contribution in [3.05, 3.63) is 34.9 Å². The summed E-state index contributed by atoms with van der Waals surface area (Å²) >= 11 is 0. The van der Waals surface area contributed by atoms with E-state index < -0.39 is 0 Å². The van der Waals surface area contributed by atoms with E-state index in [4.69, 9.17) is 10.9 Å². The highest BCUT2D eigenvalue weighted by atomic mass is 16.4. The largest absolute Gasteiger partial charge is 0.409 e. The fraction of sp³-hybridized carbons (Fsp3) is 0.562. The maximum absolute atomic E-state index is 8.73. The van der Waals surface area contributed by atoms with Crippen LogP contribution in [0, 0.1) is 12.8 Å². The lowest BCUT2D eigenvalue weighted by Crippen LogP contribution is -2.33. The Labute approximate surface area is 121 Å². The molecule has 1 heterocycles. The lowest BCUT2D eigenvalue weighted by Gasteiger charge is -2.28. The molecule has 1 aromatic rings. The van der Waals surface area contributed by atoms with Crippen LogP contribution in [-0.2, 0) is 6.54 Å². The quantitative estimate of drug-likeness (QED) is 0.384. The highest BCUT2D eigenvalue weighted by Gasteiger charge is 2.27. The molecule has 1 saturated heterocycles. The SMILES string of the molecule is Cc1cc(/C(N)=N/O)ccc1CN1CCCC1C(C)C. The molecule has 110 valence electrons. The standard InChI is InChI=1S/C16H25N3O/c1-11(2)15-5-4-8-19(15)10-14-7-6-13(9-12(14)3)16(17)18-20/h6-7,9,11,15,20H,4-5,8,10H2,1-3H3,(H2,17,18). The van der Waals surface area contributed by atoms with Crippen LogP contribution < -0.4 is 5.73 Å². The fourth-order valence-electron chi connectivity index (χ4n) is 3.11. The molecule has 0 radical (unpaired) electrons. The molecule has 0 aromatic heterocycles. The van der Waals surface area contributed by atoms with Crippen LogP contribution in [0.4, 0.5) is 0 Å². The molecule has 0 saturated carbocycles. The Kier molecular flexibility index (Phi) is 4.65. The molecule has 0 amide bonds. The molecule has 20 heavy (non-hydrogen) atoms. The number of nitrogens with two attached hydrogens (primary N) is 1. The van der Waals surface area contributed by atoms with Gasteiger partial charge in [-0.3, -0.25) is 4.90 Å². The Balaban J connectivity index is 2.14. The van der Waals surface area contributed by atoms with Crippen LogP contribution in [0.5, 0.6) is 0 Å². The summed E-state index contributed by atoms with van der Waals surface area (Å²) in [6.45, 7) is 8.87. The van der Waals surface area contributed by atoms with Gasteiger partial charge in [-0.2, -0.15) is 0 Å². The van der Waals surface area contributed by atoms with E-state index in [2.05, 4.69) is 36.9 Å². The summed E-state index contributed by atoms with van der Waals surface area (Å²) in [6.07, 6.45) is 2.60. The van der Waals surface area contributed by atoms with Crippen LogP contribution in [0.2, 0.25) is 0 Å². The van der Waals surface area contributed by atoms with Crippen LogP contribution in [0.1, 0.15) is 43.4 Å². The Bertz CT molecular complexity index is 496. The predicted octanol–water partition coefficient (Wildman–Crippen LogP) is 2.71. The molecule has 0 aliphatic carbocycles. The molecule has 4 nitrogen and oxygen atoms in total. The minimum atomic E-state index is 0.167. The molecule has 4 heteroatoms. The third-order valence-corrected chi connectivity index (χ3v) is 4.30. The van der Waals surface area contributed by atoms with E-state index in [1.807, 2.05) is 12.1 Å². The first-order valence-corrected chi connectivity index (χ1v) is 7.34. The predicted molar refractivity (Wildman–Crippen MR) is 82.0 cm³/mol. The lowest BCUT2D eigenvalue weighted by atomic mass is 10.00. The summed E-state index contributed by atoms with van der Waals surface area (Å²) in [5.74, 6) is 0.870. The van der Waals surface area contributed by atoms with Crippen molar-refractivity contribution in [1.29, 1.82) is 0 Å². The number of nitrogens with zero attached hydrogens (tertiary/aromatic N) is 2. The smallest absolute Gasteiger partial charge is 0.170 e. The first kappa shape index (κ1) is 14.9. The first-order chi connectivity index (χ1) is 9.52. The highest BCUT2D eigenvalue weighted by molar-refractivity contribution is 5.97. The van der Waals surface area contributed by atoms with Gasteiger partial charge >= 0.3 is 0 Å². The Morgan fingerprint density at radius 1 is 1.50 bits per heavy atom. The number of aryl methyl sites for hydroxylation is 1. The molecule has 0 spiro atoms. The van der Waals surface area contributed by atoms with Crippen molar-refractivity contribution in [2.75, 3.05) is 6.54 Å². The average molecular weight is 275 g/mol. The number of hydrogen-bond donors (Lipinski definition) is 2. The van der Waals surface area contributed by atoms with Crippen LogP contribution in [-0.4, -0.2) is 28.5 Å². The molecule has 1 atom stereocenters. The van der Waals surface area contributed by atoms with E-state index in [-0.39, 0.29) is 5.84 Å². The second-order valence-corrected chi connectivity index (χ2v) is 6.05. The second-order valence-electron chi connectivity index (χ2n) is 6.05. The number of amidine groups is 1. The topological polar surface area (TPSA) is 61.9 Å². The van der Waals surface area contributed by atoms with Crippen molar-refractivity contribution in [3.8, 4) is 0 Å². The van der Waals surface area contributed by atoms with Crippen molar-refractivity contribution in [3.63, 3.8) is 0 Å². The molecule has 3 N–H and O–H groups in total. The van der Waals surface area contributed by atoms with Crippen LogP contribution in [0.15, 0.2) is 23.4 Å². The van der Waals surface area contributed by atoms with Gasteiger partial charge < -0.3 is 10.9 Å². The minimum Gasteiger partial charge on any atom is -0.409 e. The van der Waals surface area contributed by atoms with E-state index in [1.165, 1.54) is 30.5 Å². The summed E-state index contributed by atoms with van der Waals surface area (Å²) in [5, 5.41) is 11.8. The summed E-state index contributed by atoms with van der Waals surface area (Å²) in [4.78, 5) is 2.58. The Morgan fingerprint density at radius 2 is 2.25 bits per heavy atom. The third-order valence-electron chi connectivity index (χ3n) is 4.30. The van der Waals surface area contributed by atoms with E-state index in [0.29, 0.717) is 12.0 Å². The van der Waals surface area contributed by atoms with Gasteiger partial charge in [-0.05, 0) is 49.4 Å². The minimum absolute atomic E-state index is 0.167. The van der Waals surface area contributed by atoms with Gasteiger partial charge in [0.2, 0.25) is 0 Å². The molecule has 1 aliphatic heterocycles. The summed E-state index contributed by atoms with van der Waals surface area (Å²) in [5.41, 5.74) is 8.93. The fourth-order valence-corrected chi connectivity index (χ4v) is 3.11. The van der Waals surface area contributed by atoms with Crippen LogP contribution >= 0.6 is 0 Å². The van der Waals surface area contributed by atoms with Gasteiger partial charge in [0.05, 0.1) is 0 Å². The highest BCUT2D eigenvalue weighted by Crippen LogP contribution is 2.26. The zero-order valence-electron chi connectivity index (χ0n) is 12.6. The number of hydrogen-bond acceptors (Lipinski definition) is 3. The van der Waals surface area contributed by atoms with Crippen molar-refractivity contribution < 1.29 is 5.21 Å². The van der Waals surface area contributed by atoms with Crippen molar-refractivity contribution in [1.82, 2.24) is 4.90 Å². The molecule has 1 aliphatic rings. The number of rotatable bonds is 4. The molecular weight excluding hydrogens is 250 g/mol. The molecule has 2 rings (SSSR count). The van der Waals surface area contributed by atoms with Crippen LogP contribution in [0.3, 0.4) is 0 Å². The van der Waals surface area contributed by atoms with Gasteiger partial charge in [0.25, 0.3) is 0 Å². The summed E-state index contributed by atoms with van der Waals surface area (Å²) in [6, 6.07) is 6.71. The van der Waals surface area contributed by atoms with Crippen molar-refractivity contribution >= 4 is 5.84 Å². The van der Waals surface area contributed by atoms with Crippen molar-refractivity contribution in [2.24, 2.45) is 16.8 Å². The van der Waals surface area contributed by atoms with Gasteiger partial charge in [0.1, 0.15) is 0 Å². The number of benzene rings is 1. The van der Waals surface area contributed by atoms with Gasteiger partial charge in [-0.1, -0.05) is 31.1 Å². The number of likely N-dealkylation sites (tertiary alicyclic amines) is 1. The molecule has 1 fully saturated rings. The third kappa shape index (κ3) is 3.12. The molecule has 1 aromatic carbocycles. The van der Waals surface area contributed by atoms with E-state index in [9.17, 15) is 0 Å². The zero-order chi connectivity index (χ0) is 14.7. The van der Waals surface area contributed by atoms with E-state index >= 15 is 0 Å². The summed E-state index contributed by atoms with van der Waals surface area (Å²) in [7, 11) is 0. The summed E-state index contributed by atoms with van der Waals surface area (Å²) < 4.78 is 0. The normalized spacial score (nSPS) is 20.8. The van der Waals surface area contributed by atoms with Gasteiger partial charge in [-0.25, -0.2) is 0 Å². The van der Waals surface area contributed by atoms with Gasteiger partial charge in [0, 0.05) is 18.2 Å². The maximum atomic E-state index is 8.73. The molecule has 1 unspecified atom stereocenters. The van der Waals surface area contributed by atoms with Crippen LogP contribution in [0.25, 0.3) is 0 Å². The van der Waals surface area contributed by atoms with E-state index in [1.54, 1.807) is 0 Å². The Morgan fingerprint density at radius 3 is 2.85 bits per heavy atom. The Hall–Kier alpha value is -1.55. The molecule has 0 bridgehead atoms. The van der Waals surface area contributed by atoms with Gasteiger partial charge in [0.15, 0.2) is 5.84 Å². The van der Waals surface area contributed by atoms with Crippen molar-refractivity contribution in [2.45, 2.75) is 46.2 Å². The second kappa shape index (κ2) is 6.27. The number of oxime groups is 1. The molecular formula is C16H25N3O. The zero-order valence-corrected chi connectivity index (χ0v) is 12.6. The monoisotopic (exact) mass is 275 g/mol. The lowest BCUT2D eigenvalue weighted by molar-refractivity contribution is 0.198. The van der Waals surface area contributed by atoms with E-state index in [0.717, 1.165) is 12.1 Å². The first-order valence-electron chi connectivity index (χ1n) is 7.34. The maximum Gasteiger partial charge on any atom is 0.170 e.